The number of amides is 1. The zero-order valence-electron chi connectivity index (χ0n) is 17.4. The van der Waals surface area contributed by atoms with Crippen LogP contribution in [0.15, 0.2) is 81.3 Å². The van der Waals surface area contributed by atoms with E-state index in [1.807, 2.05) is 0 Å². The third-order valence-corrected chi connectivity index (χ3v) is 5.81. The normalized spacial score (nSPS) is 12.1. The van der Waals surface area contributed by atoms with Gasteiger partial charge in [-0.05, 0) is 55.5 Å². The fourth-order valence-corrected chi connectivity index (χ4v) is 4.02. The number of carbonyl (C=O) groups excluding carboxylic acids is 1. The van der Waals surface area contributed by atoms with E-state index >= 15 is 0 Å². The number of ether oxygens (including phenoxy) is 1. The summed E-state index contributed by atoms with van der Waals surface area (Å²) < 4.78 is 35.8. The maximum Gasteiger partial charge on any atom is 0.387 e. The Kier molecular flexibility index (Phi) is 6.74. The molecule has 4 rings (SSSR count). The number of thioether (sulfide) groups is 1. The molecule has 0 aliphatic rings. The number of benzene rings is 2. The van der Waals surface area contributed by atoms with Crippen LogP contribution in [0.3, 0.4) is 0 Å². The molecule has 170 valence electrons. The van der Waals surface area contributed by atoms with E-state index in [1.165, 1.54) is 35.1 Å². The number of nitrogens with one attached hydrogen (secondary N) is 1. The van der Waals surface area contributed by atoms with Gasteiger partial charge in [0.25, 0.3) is 5.56 Å². The molecule has 0 spiro atoms. The van der Waals surface area contributed by atoms with Gasteiger partial charge in [0.15, 0.2) is 5.16 Å². The van der Waals surface area contributed by atoms with Crippen LogP contribution < -0.4 is 15.6 Å². The molecule has 2 aromatic carbocycles. The van der Waals surface area contributed by atoms with Crippen LogP contribution >= 0.6 is 11.8 Å². The summed E-state index contributed by atoms with van der Waals surface area (Å²) in [6.07, 6.45) is 1.52. The molecule has 0 fully saturated rings. The zero-order chi connectivity index (χ0) is 23.4. The smallest absolute Gasteiger partial charge is 0.387 e. The van der Waals surface area contributed by atoms with Gasteiger partial charge in [-0.3, -0.25) is 14.2 Å². The average Bonchev–Trinajstić information content (AvgIpc) is 3.30. The molecule has 33 heavy (non-hydrogen) atoms. The lowest BCUT2D eigenvalue weighted by Gasteiger charge is -2.16. The van der Waals surface area contributed by atoms with E-state index in [-0.39, 0.29) is 23.8 Å². The van der Waals surface area contributed by atoms with Gasteiger partial charge in [-0.15, -0.1) is 0 Å². The van der Waals surface area contributed by atoms with Gasteiger partial charge >= 0.3 is 6.61 Å². The molecule has 0 bridgehead atoms. The van der Waals surface area contributed by atoms with E-state index in [0.717, 1.165) is 11.8 Å². The Morgan fingerprint density at radius 2 is 1.91 bits per heavy atom. The van der Waals surface area contributed by atoms with Crippen LogP contribution in [-0.4, -0.2) is 27.3 Å². The molecule has 2 aromatic heterocycles. The molecule has 0 saturated carbocycles. The second-order valence-electron chi connectivity index (χ2n) is 7.03. The fraction of sp³-hybridized carbons (Fsp3) is 0.174. The Bertz CT molecular complexity index is 1310. The van der Waals surface area contributed by atoms with Crippen molar-refractivity contribution in [1.29, 1.82) is 0 Å². The molecule has 0 radical (unpaired) electrons. The molecule has 7 nitrogen and oxygen atoms in total. The number of carbonyl (C=O) groups is 1. The van der Waals surface area contributed by atoms with Gasteiger partial charge in [0.1, 0.15) is 11.5 Å². The number of furan rings is 1. The standard InChI is InChI=1S/C23H19F2N3O4S/c1-14(20(29)26-15-8-10-16(11-9-15)32-22(24)25)33-23-27-19-7-3-2-6-18(19)21(30)28(23)13-17-5-4-12-31-17/h2-12,14,22H,13H2,1H3,(H,26,29). The van der Waals surface area contributed by atoms with Gasteiger partial charge in [0.05, 0.1) is 29.0 Å². The fourth-order valence-electron chi connectivity index (χ4n) is 3.11. The van der Waals surface area contributed by atoms with Crippen LogP contribution in [0.5, 0.6) is 5.75 Å². The number of halogens is 2. The summed E-state index contributed by atoms with van der Waals surface area (Å²) in [5, 5.41) is 2.95. The molecule has 10 heteroatoms. The van der Waals surface area contributed by atoms with Gasteiger partial charge in [-0.2, -0.15) is 8.78 Å². The first kappa shape index (κ1) is 22.5. The van der Waals surface area contributed by atoms with Gasteiger partial charge in [-0.1, -0.05) is 23.9 Å². The second kappa shape index (κ2) is 9.86. The first-order valence-electron chi connectivity index (χ1n) is 9.95. The first-order chi connectivity index (χ1) is 15.9. The van der Waals surface area contributed by atoms with E-state index in [4.69, 9.17) is 4.42 Å². The molecule has 1 atom stereocenters. The molecule has 1 unspecified atom stereocenters. The highest BCUT2D eigenvalue weighted by Gasteiger charge is 2.20. The van der Waals surface area contributed by atoms with Crippen LogP contribution in [0.2, 0.25) is 0 Å². The minimum atomic E-state index is -2.92. The molecule has 1 N–H and O–H groups in total. The quantitative estimate of drug-likeness (QED) is 0.295. The maximum atomic E-state index is 13.1. The summed E-state index contributed by atoms with van der Waals surface area (Å²) in [7, 11) is 0. The summed E-state index contributed by atoms with van der Waals surface area (Å²) in [5.74, 6) is 0.237. The SMILES string of the molecule is CC(Sc1nc2ccccc2c(=O)n1Cc1ccco1)C(=O)Nc1ccc(OC(F)F)cc1. The van der Waals surface area contributed by atoms with Crippen LogP contribution in [-0.2, 0) is 11.3 Å². The van der Waals surface area contributed by atoms with Crippen LogP contribution in [0.1, 0.15) is 12.7 Å². The Morgan fingerprint density at radius 3 is 2.61 bits per heavy atom. The Balaban J connectivity index is 1.55. The van der Waals surface area contributed by atoms with Crippen molar-refractivity contribution in [1.82, 2.24) is 9.55 Å². The van der Waals surface area contributed by atoms with E-state index in [9.17, 15) is 18.4 Å². The van der Waals surface area contributed by atoms with Gasteiger partial charge in [0, 0.05) is 5.69 Å². The number of para-hydroxylation sites is 1. The van der Waals surface area contributed by atoms with Crippen molar-refractivity contribution in [3.05, 3.63) is 83.0 Å². The molecule has 0 aliphatic carbocycles. The predicted octanol–water partition coefficient (Wildman–Crippen LogP) is 4.76. The summed E-state index contributed by atoms with van der Waals surface area (Å²) in [6, 6.07) is 16.1. The minimum absolute atomic E-state index is 0.00673. The summed E-state index contributed by atoms with van der Waals surface area (Å²) in [6.45, 7) is -1.06. The zero-order valence-corrected chi connectivity index (χ0v) is 18.2. The van der Waals surface area contributed by atoms with Crippen molar-refractivity contribution in [2.24, 2.45) is 0 Å². The number of anilines is 1. The highest BCUT2D eigenvalue weighted by Crippen LogP contribution is 2.25. The largest absolute Gasteiger partial charge is 0.467 e. The number of aromatic nitrogens is 2. The van der Waals surface area contributed by atoms with Crippen molar-refractivity contribution in [3.8, 4) is 5.75 Å². The van der Waals surface area contributed by atoms with Gasteiger partial charge in [-0.25, -0.2) is 4.98 Å². The topological polar surface area (TPSA) is 86.4 Å². The Morgan fingerprint density at radius 1 is 1.15 bits per heavy atom. The number of rotatable bonds is 8. The third kappa shape index (κ3) is 5.40. The molecular weight excluding hydrogens is 452 g/mol. The van der Waals surface area contributed by atoms with Crippen LogP contribution in [0.25, 0.3) is 10.9 Å². The maximum absolute atomic E-state index is 13.1. The summed E-state index contributed by atoms with van der Waals surface area (Å²) in [4.78, 5) is 30.5. The number of alkyl halides is 2. The number of hydrogen-bond donors (Lipinski definition) is 1. The van der Waals surface area contributed by atoms with Crippen molar-refractivity contribution >= 4 is 34.3 Å². The average molecular weight is 471 g/mol. The van der Waals surface area contributed by atoms with Crippen LogP contribution in [0, 0.1) is 0 Å². The lowest BCUT2D eigenvalue weighted by molar-refractivity contribution is -0.115. The second-order valence-corrected chi connectivity index (χ2v) is 8.34. The highest BCUT2D eigenvalue weighted by atomic mass is 32.2. The van der Waals surface area contributed by atoms with E-state index in [2.05, 4.69) is 15.0 Å². The lowest BCUT2D eigenvalue weighted by Crippen LogP contribution is -2.27. The Hall–Kier alpha value is -3.66. The lowest BCUT2D eigenvalue weighted by atomic mass is 10.2. The Labute approximate surface area is 191 Å². The first-order valence-corrected chi connectivity index (χ1v) is 10.8. The van der Waals surface area contributed by atoms with Crippen molar-refractivity contribution in [3.63, 3.8) is 0 Å². The van der Waals surface area contributed by atoms with Crippen LogP contribution in [0.4, 0.5) is 14.5 Å². The predicted molar refractivity (Wildman–Crippen MR) is 121 cm³/mol. The summed E-state index contributed by atoms with van der Waals surface area (Å²) >= 11 is 1.13. The van der Waals surface area contributed by atoms with Gasteiger partial charge in [0.2, 0.25) is 5.91 Å². The minimum Gasteiger partial charge on any atom is -0.467 e. The molecule has 2 heterocycles. The van der Waals surface area contributed by atoms with Crippen molar-refractivity contribution in [2.45, 2.75) is 30.5 Å². The van der Waals surface area contributed by atoms with E-state index in [1.54, 1.807) is 43.3 Å². The van der Waals surface area contributed by atoms with Gasteiger partial charge < -0.3 is 14.5 Å². The third-order valence-electron chi connectivity index (χ3n) is 4.72. The molecule has 0 aliphatic heterocycles. The molecule has 4 aromatic rings. The molecule has 0 saturated heterocycles. The number of nitrogens with zero attached hydrogens (tertiary/aromatic N) is 2. The number of fused-ring (bicyclic) bond motifs is 1. The van der Waals surface area contributed by atoms with E-state index < -0.39 is 11.9 Å². The van der Waals surface area contributed by atoms with E-state index in [0.29, 0.717) is 27.5 Å². The van der Waals surface area contributed by atoms with Crippen molar-refractivity contribution < 1.29 is 22.7 Å². The van der Waals surface area contributed by atoms with Crippen molar-refractivity contribution in [2.75, 3.05) is 5.32 Å². The summed E-state index contributed by atoms with van der Waals surface area (Å²) in [5.41, 5.74) is 0.721. The highest BCUT2D eigenvalue weighted by molar-refractivity contribution is 8.00. The molecule has 1 amide bonds. The number of hydrogen-bond acceptors (Lipinski definition) is 6. The monoisotopic (exact) mass is 471 g/mol. The molecular formula is C23H19F2N3O4S.